The summed E-state index contributed by atoms with van der Waals surface area (Å²) in [6, 6.07) is 5.99. The first-order valence-corrected chi connectivity index (χ1v) is 7.86. The molecule has 7 heteroatoms. The molecular weight excluding hydrogens is 312 g/mol. The minimum Gasteiger partial charge on any atom is -0.497 e. The molecule has 0 radical (unpaired) electrons. The van der Waals surface area contributed by atoms with Crippen molar-refractivity contribution in [2.75, 3.05) is 11.8 Å². The minimum atomic E-state index is -3.92. The van der Waals surface area contributed by atoms with Crippen molar-refractivity contribution >= 4 is 15.7 Å². The van der Waals surface area contributed by atoms with E-state index in [4.69, 9.17) is 4.74 Å². The standard InChI is InChI=1S/C15H15F2NO3S/c1-9-6-12(21-3)7-10(2)15(9)22(19,20)18-11-4-5-13(16)14(17)8-11/h4-8,18H,1-3H3. The third-order valence-electron chi connectivity index (χ3n) is 3.11. The van der Waals surface area contributed by atoms with Crippen LogP contribution < -0.4 is 9.46 Å². The fourth-order valence-corrected chi connectivity index (χ4v) is 3.72. The van der Waals surface area contributed by atoms with Gasteiger partial charge >= 0.3 is 0 Å². The molecule has 0 atom stereocenters. The van der Waals surface area contributed by atoms with Gasteiger partial charge in [0.1, 0.15) is 5.75 Å². The summed E-state index contributed by atoms with van der Waals surface area (Å²) >= 11 is 0. The highest BCUT2D eigenvalue weighted by molar-refractivity contribution is 7.92. The number of nitrogens with one attached hydrogen (secondary N) is 1. The van der Waals surface area contributed by atoms with Crippen LogP contribution in [0.5, 0.6) is 5.75 Å². The Kier molecular flexibility index (Phi) is 4.37. The predicted octanol–water partition coefficient (Wildman–Crippen LogP) is 3.39. The molecule has 0 spiro atoms. The van der Waals surface area contributed by atoms with E-state index in [-0.39, 0.29) is 10.6 Å². The van der Waals surface area contributed by atoms with E-state index in [9.17, 15) is 17.2 Å². The summed E-state index contributed by atoms with van der Waals surface area (Å²) in [6.07, 6.45) is 0. The number of hydrogen-bond donors (Lipinski definition) is 1. The summed E-state index contributed by atoms with van der Waals surface area (Å²) in [5.41, 5.74) is 0.937. The Morgan fingerprint density at radius 1 is 1.00 bits per heavy atom. The summed E-state index contributed by atoms with van der Waals surface area (Å²) in [7, 11) is -2.44. The highest BCUT2D eigenvalue weighted by Gasteiger charge is 2.21. The Morgan fingerprint density at radius 2 is 1.59 bits per heavy atom. The second kappa shape index (κ2) is 5.92. The van der Waals surface area contributed by atoms with Gasteiger partial charge in [-0.1, -0.05) is 0 Å². The number of halogens is 2. The SMILES string of the molecule is COc1cc(C)c(S(=O)(=O)Nc2ccc(F)c(F)c2)c(C)c1. The Balaban J connectivity index is 2.44. The van der Waals surface area contributed by atoms with E-state index in [0.717, 1.165) is 18.2 Å². The zero-order valence-electron chi connectivity index (χ0n) is 12.3. The van der Waals surface area contributed by atoms with Crippen LogP contribution in [0.4, 0.5) is 14.5 Å². The van der Waals surface area contributed by atoms with Gasteiger partial charge in [-0.3, -0.25) is 4.72 Å². The Labute approximate surface area is 127 Å². The third kappa shape index (κ3) is 3.19. The Morgan fingerprint density at radius 3 is 2.09 bits per heavy atom. The largest absolute Gasteiger partial charge is 0.497 e. The molecule has 1 N–H and O–H groups in total. The van der Waals surface area contributed by atoms with E-state index in [0.29, 0.717) is 16.9 Å². The first-order valence-electron chi connectivity index (χ1n) is 6.37. The maximum atomic E-state index is 13.2. The number of aryl methyl sites for hydroxylation is 2. The molecule has 4 nitrogen and oxygen atoms in total. The second-order valence-corrected chi connectivity index (χ2v) is 6.44. The molecule has 0 aliphatic rings. The summed E-state index contributed by atoms with van der Waals surface area (Å²) in [6.45, 7) is 3.27. The third-order valence-corrected chi connectivity index (χ3v) is 4.80. The van der Waals surface area contributed by atoms with Crippen LogP contribution in [0.1, 0.15) is 11.1 Å². The maximum Gasteiger partial charge on any atom is 0.262 e. The van der Waals surface area contributed by atoms with Gasteiger partial charge in [0, 0.05) is 6.07 Å². The Hall–Kier alpha value is -2.15. The molecule has 2 aromatic rings. The van der Waals surface area contributed by atoms with Gasteiger partial charge in [0.25, 0.3) is 10.0 Å². The number of benzene rings is 2. The van der Waals surface area contributed by atoms with Crippen LogP contribution in [0.25, 0.3) is 0 Å². The highest BCUT2D eigenvalue weighted by atomic mass is 32.2. The molecule has 0 heterocycles. The summed E-state index contributed by atoms with van der Waals surface area (Å²) in [5, 5.41) is 0. The average Bonchev–Trinajstić information content (AvgIpc) is 2.41. The number of ether oxygens (including phenoxy) is 1. The van der Waals surface area contributed by atoms with Gasteiger partial charge in [-0.2, -0.15) is 0 Å². The molecule has 0 aromatic heterocycles. The molecular formula is C15H15F2NO3S. The molecule has 0 saturated heterocycles. The zero-order valence-corrected chi connectivity index (χ0v) is 13.1. The first-order chi connectivity index (χ1) is 10.2. The van der Waals surface area contributed by atoms with Crippen molar-refractivity contribution in [1.29, 1.82) is 0 Å². The normalized spacial score (nSPS) is 11.3. The molecule has 22 heavy (non-hydrogen) atoms. The van der Waals surface area contributed by atoms with E-state index >= 15 is 0 Å². The van der Waals surface area contributed by atoms with Crippen molar-refractivity contribution in [3.63, 3.8) is 0 Å². The number of hydrogen-bond acceptors (Lipinski definition) is 3. The van der Waals surface area contributed by atoms with Crippen LogP contribution in [0.3, 0.4) is 0 Å². The summed E-state index contributed by atoms with van der Waals surface area (Å²) < 4.78 is 58.4. The number of sulfonamides is 1. The van der Waals surface area contributed by atoms with Crippen molar-refractivity contribution in [2.24, 2.45) is 0 Å². The first kappa shape index (κ1) is 16.2. The van der Waals surface area contributed by atoms with Gasteiger partial charge in [0.05, 0.1) is 17.7 Å². The van der Waals surface area contributed by atoms with Gasteiger partial charge in [0.15, 0.2) is 11.6 Å². The van der Waals surface area contributed by atoms with Crippen molar-refractivity contribution in [3.05, 3.63) is 53.1 Å². The van der Waals surface area contributed by atoms with Gasteiger partial charge in [-0.25, -0.2) is 17.2 Å². The molecule has 0 amide bonds. The van der Waals surface area contributed by atoms with E-state index < -0.39 is 21.7 Å². The lowest BCUT2D eigenvalue weighted by Crippen LogP contribution is -2.16. The van der Waals surface area contributed by atoms with Crippen LogP contribution in [0.2, 0.25) is 0 Å². The number of anilines is 1. The Bertz CT molecular complexity index is 797. The fourth-order valence-electron chi connectivity index (χ4n) is 2.22. The lowest BCUT2D eigenvalue weighted by molar-refractivity contribution is 0.413. The summed E-state index contributed by atoms with van der Waals surface area (Å²) in [5.74, 6) is -1.62. The van der Waals surface area contributed by atoms with Crippen molar-refractivity contribution < 1.29 is 21.9 Å². The van der Waals surface area contributed by atoms with Crippen LogP contribution in [0, 0.1) is 25.5 Å². The van der Waals surface area contributed by atoms with Gasteiger partial charge in [-0.15, -0.1) is 0 Å². The number of methoxy groups -OCH3 is 1. The fraction of sp³-hybridized carbons (Fsp3) is 0.200. The molecule has 0 aliphatic carbocycles. The van der Waals surface area contributed by atoms with Crippen molar-refractivity contribution in [1.82, 2.24) is 0 Å². The van der Waals surface area contributed by atoms with Gasteiger partial charge in [0.2, 0.25) is 0 Å². The summed E-state index contributed by atoms with van der Waals surface area (Å²) in [4.78, 5) is 0.0815. The second-order valence-electron chi connectivity index (χ2n) is 4.82. The van der Waals surface area contributed by atoms with Gasteiger partial charge in [-0.05, 0) is 49.2 Å². The molecule has 0 unspecified atom stereocenters. The topological polar surface area (TPSA) is 55.4 Å². The lowest BCUT2D eigenvalue weighted by Gasteiger charge is -2.14. The smallest absolute Gasteiger partial charge is 0.262 e. The molecule has 2 rings (SSSR count). The van der Waals surface area contributed by atoms with E-state index in [2.05, 4.69) is 4.72 Å². The molecule has 2 aromatic carbocycles. The van der Waals surface area contributed by atoms with Crippen molar-refractivity contribution in [3.8, 4) is 5.75 Å². The molecule has 118 valence electrons. The predicted molar refractivity (Wildman–Crippen MR) is 79.6 cm³/mol. The zero-order chi connectivity index (χ0) is 16.5. The molecule has 0 saturated carbocycles. The lowest BCUT2D eigenvalue weighted by atomic mass is 10.1. The van der Waals surface area contributed by atoms with Crippen LogP contribution >= 0.6 is 0 Å². The van der Waals surface area contributed by atoms with E-state index in [1.54, 1.807) is 26.0 Å². The van der Waals surface area contributed by atoms with Crippen LogP contribution in [0.15, 0.2) is 35.2 Å². The van der Waals surface area contributed by atoms with Crippen LogP contribution in [-0.2, 0) is 10.0 Å². The average molecular weight is 327 g/mol. The quantitative estimate of drug-likeness (QED) is 0.936. The maximum absolute atomic E-state index is 13.2. The van der Waals surface area contributed by atoms with Gasteiger partial charge < -0.3 is 4.74 Å². The van der Waals surface area contributed by atoms with Crippen LogP contribution in [-0.4, -0.2) is 15.5 Å². The highest BCUT2D eigenvalue weighted by Crippen LogP contribution is 2.27. The molecule has 0 aliphatic heterocycles. The molecule has 0 bridgehead atoms. The monoisotopic (exact) mass is 327 g/mol. The minimum absolute atomic E-state index is 0.0477. The van der Waals surface area contributed by atoms with E-state index in [1.165, 1.54) is 7.11 Å². The van der Waals surface area contributed by atoms with E-state index in [1.807, 2.05) is 0 Å². The number of rotatable bonds is 4. The molecule has 0 fully saturated rings. The van der Waals surface area contributed by atoms with Crippen molar-refractivity contribution in [2.45, 2.75) is 18.7 Å².